The van der Waals surface area contributed by atoms with Gasteiger partial charge in [-0.15, -0.1) is 0 Å². The molecule has 2 aromatic rings. The Morgan fingerprint density at radius 3 is 2.63 bits per heavy atom. The zero-order chi connectivity index (χ0) is 13.2. The molecule has 1 aromatic carbocycles. The van der Waals surface area contributed by atoms with E-state index in [-0.39, 0.29) is 0 Å². The van der Waals surface area contributed by atoms with Crippen molar-refractivity contribution in [1.29, 1.82) is 0 Å². The number of aromatic nitrogens is 2. The molecule has 0 bridgehead atoms. The molecule has 1 saturated carbocycles. The van der Waals surface area contributed by atoms with Gasteiger partial charge in [0, 0.05) is 17.7 Å². The summed E-state index contributed by atoms with van der Waals surface area (Å²) in [5.74, 6) is 2.76. The topological polar surface area (TPSA) is 63.8 Å². The first-order valence-electron chi connectivity index (χ1n) is 6.69. The van der Waals surface area contributed by atoms with Crippen LogP contribution in [0.15, 0.2) is 36.4 Å². The van der Waals surface area contributed by atoms with E-state index in [1.807, 2.05) is 30.3 Å². The normalized spacial score (nSPS) is 16.1. The largest absolute Gasteiger partial charge is 0.384 e. The van der Waals surface area contributed by atoms with Crippen molar-refractivity contribution in [2.45, 2.75) is 25.8 Å². The zero-order valence-electron chi connectivity index (χ0n) is 11.0. The van der Waals surface area contributed by atoms with E-state index < -0.39 is 0 Å². The first kappa shape index (κ1) is 12.0. The second-order valence-corrected chi connectivity index (χ2v) is 5.14. The maximum absolute atomic E-state index is 5.87. The van der Waals surface area contributed by atoms with E-state index in [4.69, 9.17) is 5.73 Å². The lowest BCUT2D eigenvalue weighted by Crippen LogP contribution is -2.18. The number of nitrogen functional groups attached to an aromatic ring is 1. The van der Waals surface area contributed by atoms with Gasteiger partial charge < -0.3 is 11.1 Å². The highest BCUT2D eigenvalue weighted by Crippen LogP contribution is 2.34. The van der Waals surface area contributed by atoms with Gasteiger partial charge in [-0.3, -0.25) is 0 Å². The average molecular weight is 254 g/mol. The maximum Gasteiger partial charge on any atom is 0.163 e. The highest BCUT2D eigenvalue weighted by atomic mass is 15.1. The highest BCUT2D eigenvalue weighted by molar-refractivity contribution is 5.60. The van der Waals surface area contributed by atoms with Crippen LogP contribution in [0.4, 0.5) is 11.6 Å². The minimum atomic E-state index is 0.443. The van der Waals surface area contributed by atoms with Gasteiger partial charge in [0.2, 0.25) is 0 Å². The molecule has 0 spiro atoms. The van der Waals surface area contributed by atoms with E-state index in [0.717, 1.165) is 17.3 Å². The van der Waals surface area contributed by atoms with Gasteiger partial charge in [-0.2, -0.15) is 0 Å². The van der Waals surface area contributed by atoms with Crippen LogP contribution in [0.2, 0.25) is 0 Å². The van der Waals surface area contributed by atoms with Crippen LogP contribution in [0.1, 0.15) is 19.8 Å². The Morgan fingerprint density at radius 1 is 1.21 bits per heavy atom. The number of hydrogen-bond acceptors (Lipinski definition) is 4. The molecule has 4 heteroatoms. The second-order valence-electron chi connectivity index (χ2n) is 5.14. The molecule has 1 aliphatic rings. The molecule has 0 amide bonds. The average Bonchev–Trinajstić information content (AvgIpc) is 3.23. The number of benzene rings is 1. The van der Waals surface area contributed by atoms with Crippen LogP contribution in [0.25, 0.3) is 11.4 Å². The third-order valence-electron chi connectivity index (χ3n) is 3.48. The smallest absolute Gasteiger partial charge is 0.163 e. The van der Waals surface area contributed by atoms with Crippen LogP contribution in [-0.4, -0.2) is 16.0 Å². The molecule has 1 atom stereocenters. The molecule has 3 N–H and O–H groups in total. The molecule has 1 aromatic heterocycles. The summed E-state index contributed by atoms with van der Waals surface area (Å²) in [6.45, 7) is 2.19. The summed E-state index contributed by atoms with van der Waals surface area (Å²) in [4.78, 5) is 8.85. The number of anilines is 2. The number of nitrogens with zero attached hydrogens (tertiary/aromatic N) is 2. The van der Waals surface area contributed by atoms with E-state index in [1.165, 1.54) is 12.8 Å². The van der Waals surface area contributed by atoms with Crippen LogP contribution in [0.3, 0.4) is 0 Å². The Kier molecular flexibility index (Phi) is 3.07. The molecule has 3 rings (SSSR count). The summed E-state index contributed by atoms with van der Waals surface area (Å²) in [6.07, 6.45) is 2.61. The van der Waals surface area contributed by atoms with E-state index >= 15 is 0 Å². The fourth-order valence-corrected chi connectivity index (χ4v) is 2.20. The Balaban J connectivity index is 1.87. The quantitative estimate of drug-likeness (QED) is 0.880. The zero-order valence-corrected chi connectivity index (χ0v) is 11.0. The third-order valence-corrected chi connectivity index (χ3v) is 3.48. The predicted molar refractivity (Wildman–Crippen MR) is 77.7 cm³/mol. The molecule has 1 heterocycles. The van der Waals surface area contributed by atoms with E-state index in [9.17, 15) is 0 Å². The third kappa shape index (κ3) is 2.84. The summed E-state index contributed by atoms with van der Waals surface area (Å²) in [5.41, 5.74) is 6.86. The Labute approximate surface area is 113 Å². The molecular formula is C15H18N4. The van der Waals surface area contributed by atoms with Gasteiger partial charge in [-0.05, 0) is 25.7 Å². The lowest BCUT2D eigenvalue weighted by Gasteiger charge is -2.14. The Morgan fingerprint density at radius 2 is 1.95 bits per heavy atom. The summed E-state index contributed by atoms with van der Waals surface area (Å²) in [7, 11) is 0. The SMILES string of the molecule is CC(Nc1cc(N)nc(-c2ccccc2)n1)C1CC1. The number of rotatable bonds is 4. The molecule has 0 aliphatic heterocycles. The molecular weight excluding hydrogens is 236 g/mol. The van der Waals surface area contributed by atoms with Crippen molar-refractivity contribution in [2.24, 2.45) is 5.92 Å². The van der Waals surface area contributed by atoms with Crippen LogP contribution in [0.5, 0.6) is 0 Å². The van der Waals surface area contributed by atoms with Gasteiger partial charge in [0.25, 0.3) is 0 Å². The van der Waals surface area contributed by atoms with Gasteiger partial charge in [0.1, 0.15) is 11.6 Å². The first-order valence-corrected chi connectivity index (χ1v) is 6.69. The standard InChI is InChI=1S/C15H18N4/c1-10(11-7-8-11)17-14-9-13(16)18-15(19-14)12-5-3-2-4-6-12/h2-6,9-11H,7-8H2,1H3,(H3,16,17,18,19). The van der Waals surface area contributed by atoms with E-state index in [2.05, 4.69) is 22.2 Å². The lowest BCUT2D eigenvalue weighted by atomic mass is 10.2. The molecule has 98 valence electrons. The molecule has 0 radical (unpaired) electrons. The molecule has 19 heavy (non-hydrogen) atoms. The molecule has 1 aliphatic carbocycles. The molecule has 1 unspecified atom stereocenters. The minimum Gasteiger partial charge on any atom is -0.384 e. The maximum atomic E-state index is 5.87. The first-order chi connectivity index (χ1) is 9.22. The lowest BCUT2D eigenvalue weighted by molar-refractivity contribution is 0.690. The number of nitrogens with two attached hydrogens (primary N) is 1. The van der Waals surface area contributed by atoms with Crippen molar-refractivity contribution in [2.75, 3.05) is 11.1 Å². The predicted octanol–water partition coefficient (Wildman–Crippen LogP) is 2.94. The molecule has 0 saturated heterocycles. The Bertz CT molecular complexity index is 564. The van der Waals surface area contributed by atoms with Crippen molar-refractivity contribution in [3.05, 3.63) is 36.4 Å². The summed E-state index contributed by atoms with van der Waals surface area (Å²) >= 11 is 0. The van der Waals surface area contributed by atoms with Gasteiger partial charge in [0.15, 0.2) is 5.82 Å². The van der Waals surface area contributed by atoms with Gasteiger partial charge in [-0.1, -0.05) is 30.3 Å². The molecule has 4 nitrogen and oxygen atoms in total. The fourth-order valence-electron chi connectivity index (χ4n) is 2.20. The summed E-state index contributed by atoms with van der Waals surface area (Å²) in [6, 6.07) is 12.1. The second kappa shape index (κ2) is 4.88. The van der Waals surface area contributed by atoms with Crippen molar-refractivity contribution in [3.63, 3.8) is 0 Å². The van der Waals surface area contributed by atoms with Crippen molar-refractivity contribution < 1.29 is 0 Å². The minimum absolute atomic E-state index is 0.443. The fraction of sp³-hybridized carbons (Fsp3) is 0.333. The van der Waals surface area contributed by atoms with E-state index in [1.54, 1.807) is 6.07 Å². The monoisotopic (exact) mass is 254 g/mol. The van der Waals surface area contributed by atoms with Crippen molar-refractivity contribution >= 4 is 11.6 Å². The van der Waals surface area contributed by atoms with Crippen LogP contribution in [0, 0.1) is 5.92 Å². The number of hydrogen-bond donors (Lipinski definition) is 2. The van der Waals surface area contributed by atoms with Crippen LogP contribution in [-0.2, 0) is 0 Å². The Hall–Kier alpha value is -2.10. The van der Waals surface area contributed by atoms with Gasteiger partial charge >= 0.3 is 0 Å². The van der Waals surface area contributed by atoms with Gasteiger partial charge in [-0.25, -0.2) is 9.97 Å². The van der Waals surface area contributed by atoms with E-state index in [0.29, 0.717) is 17.7 Å². The van der Waals surface area contributed by atoms with Crippen LogP contribution < -0.4 is 11.1 Å². The highest BCUT2D eigenvalue weighted by Gasteiger charge is 2.28. The van der Waals surface area contributed by atoms with Crippen molar-refractivity contribution in [1.82, 2.24) is 9.97 Å². The number of nitrogens with one attached hydrogen (secondary N) is 1. The van der Waals surface area contributed by atoms with Crippen LogP contribution >= 0.6 is 0 Å². The molecule has 1 fully saturated rings. The summed E-state index contributed by atoms with van der Waals surface area (Å²) < 4.78 is 0. The summed E-state index contributed by atoms with van der Waals surface area (Å²) in [5, 5.41) is 3.42. The van der Waals surface area contributed by atoms with Crippen molar-refractivity contribution in [3.8, 4) is 11.4 Å². The van der Waals surface area contributed by atoms with Gasteiger partial charge in [0.05, 0.1) is 0 Å².